The third-order valence-corrected chi connectivity index (χ3v) is 2.28. The van der Waals surface area contributed by atoms with Crippen LogP contribution in [0.1, 0.15) is 12.0 Å². The Kier molecular flexibility index (Phi) is 8.25. The molecule has 0 atom stereocenters. The molecule has 4 N–H and O–H groups in total. The van der Waals surface area contributed by atoms with Crippen LogP contribution in [-0.2, 0) is 10.2 Å². The largest absolute Gasteiger partial charge is 0.396 e. The van der Waals surface area contributed by atoms with Gasteiger partial charge in [-0.25, -0.2) is 9.86 Å². The number of nitrogens with one attached hydrogen (secondary N) is 1. The minimum atomic E-state index is -3.56. The molecule has 1 rings (SSSR count). The van der Waals surface area contributed by atoms with Gasteiger partial charge >= 0.3 is 0 Å². The van der Waals surface area contributed by atoms with E-state index in [-0.39, 0.29) is 13.2 Å². The Morgan fingerprint density at radius 1 is 1.35 bits per heavy atom. The number of benzene rings is 1. The molecule has 96 valence electrons. The summed E-state index contributed by atoms with van der Waals surface area (Å²) in [5.41, 5.74) is 1.17. The van der Waals surface area contributed by atoms with Crippen molar-refractivity contribution in [1.29, 1.82) is 0 Å². The topological polar surface area (TPSA) is 92.4 Å². The number of hydrogen-bond acceptors (Lipinski definition) is 3. The van der Waals surface area contributed by atoms with Crippen molar-refractivity contribution in [3.63, 3.8) is 0 Å². The highest BCUT2D eigenvalue weighted by molar-refractivity contribution is 7.87. The third-order valence-electron chi connectivity index (χ3n) is 1.67. The molecule has 5 nitrogen and oxygen atoms in total. The van der Waals surface area contributed by atoms with Crippen LogP contribution >= 0.6 is 0 Å². The van der Waals surface area contributed by atoms with E-state index in [0.717, 1.165) is 0 Å². The Morgan fingerprint density at radius 3 is 2.29 bits per heavy atom. The van der Waals surface area contributed by atoms with Crippen LogP contribution in [0, 0.1) is 0 Å². The normalized spacial score (nSPS) is 10.2. The lowest BCUT2D eigenvalue weighted by Gasteiger charge is -1.97. The molecule has 0 aliphatic rings. The Hall–Kier alpha value is -1.21. The lowest BCUT2D eigenvalue weighted by molar-refractivity contribution is 0.289. The van der Waals surface area contributed by atoms with Gasteiger partial charge in [-0.05, 0) is 12.0 Å². The van der Waals surface area contributed by atoms with E-state index in [4.69, 9.17) is 5.11 Å². The summed E-state index contributed by atoms with van der Waals surface area (Å²) in [5.74, 6) is 0. The first-order chi connectivity index (χ1) is 7.99. The quantitative estimate of drug-likeness (QED) is 0.671. The summed E-state index contributed by atoms with van der Waals surface area (Å²) < 4.78 is 22.2. The SMILES string of the molecule is C=Cc1ccccc1.NS(=O)(=O)NCCCO. The number of nitrogens with two attached hydrogens (primary N) is 1. The van der Waals surface area contributed by atoms with Gasteiger partial charge in [-0.15, -0.1) is 0 Å². The molecule has 0 unspecified atom stereocenters. The Labute approximate surface area is 102 Å². The lowest BCUT2D eigenvalue weighted by Crippen LogP contribution is -2.31. The smallest absolute Gasteiger partial charge is 0.274 e. The van der Waals surface area contributed by atoms with Crippen LogP contribution in [-0.4, -0.2) is 26.7 Å². The molecule has 0 radical (unpaired) electrons. The van der Waals surface area contributed by atoms with Crippen LogP contribution in [0.5, 0.6) is 0 Å². The zero-order valence-corrected chi connectivity index (χ0v) is 10.4. The van der Waals surface area contributed by atoms with Gasteiger partial charge in [0, 0.05) is 13.2 Å². The summed E-state index contributed by atoms with van der Waals surface area (Å²) in [6.45, 7) is 3.78. The van der Waals surface area contributed by atoms with Crippen LogP contribution in [0.15, 0.2) is 36.9 Å². The summed E-state index contributed by atoms with van der Waals surface area (Å²) in [6.07, 6.45) is 2.22. The predicted molar refractivity (Wildman–Crippen MR) is 69.3 cm³/mol. The number of rotatable bonds is 5. The average molecular weight is 258 g/mol. The minimum absolute atomic E-state index is 0.0392. The molecule has 6 heteroatoms. The van der Waals surface area contributed by atoms with Gasteiger partial charge < -0.3 is 5.11 Å². The molecule has 1 aromatic carbocycles. The molecule has 0 saturated carbocycles. The second kappa shape index (κ2) is 8.89. The molecular formula is C11H18N2O3S. The van der Waals surface area contributed by atoms with Crippen molar-refractivity contribution < 1.29 is 13.5 Å². The summed E-state index contributed by atoms with van der Waals surface area (Å²) in [7, 11) is -3.56. The zero-order valence-electron chi connectivity index (χ0n) is 9.54. The lowest BCUT2D eigenvalue weighted by atomic mass is 10.2. The van der Waals surface area contributed by atoms with E-state index in [9.17, 15) is 8.42 Å². The van der Waals surface area contributed by atoms with E-state index in [1.807, 2.05) is 41.1 Å². The van der Waals surface area contributed by atoms with Crippen molar-refractivity contribution in [2.24, 2.45) is 5.14 Å². The molecule has 0 saturated heterocycles. The van der Waals surface area contributed by atoms with Gasteiger partial charge in [-0.1, -0.05) is 43.0 Å². The molecule has 0 heterocycles. The second-order valence-electron chi connectivity index (χ2n) is 3.13. The molecule has 0 aromatic heterocycles. The summed E-state index contributed by atoms with van der Waals surface area (Å²) in [5, 5.41) is 12.7. The van der Waals surface area contributed by atoms with E-state index >= 15 is 0 Å². The molecule has 17 heavy (non-hydrogen) atoms. The molecule has 0 spiro atoms. The molecule has 0 bridgehead atoms. The third kappa shape index (κ3) is 11.1. The summed E-state index contributed by atoms with van der Waals surface area (Å²) in [4.78, 5) is 0. The van der Waals surface area contributed by atoms with E-state index in [0.29, 0.717) is 6.42 Å². The molecule has 0 aliphatic carbocycles. The molecule has 1 aromatic rings. The maximum Gasteiger partial charge on any atom is 0.274 e. The van der Waals surface area contributed by atoms with E-state index in [1.54, 1.807) is 0 Å². The highest BCUT2D eigenvalue weighted by Crippen LogP contribution is 1.97. The van der Waals surface area contributed by atoms with Crippen LogP contribution in [0.25, 0.3) is 6.08 Å². The highest BCUT2D eigenvalue weighted by Gasteiger charge is 1.96. The maximum absolute atomic E-state index is 10.1. The first-order valence-corrected chi connectivity index (χ1v) is 6.60. The first kappa shape index (κ1) is 15.8. The standard InChI is InChI=1S/C8H8.C3H10N2O3S/c1-2-8-6-4-3-5-7-8;4-9(7,8)5-2-1-3-6/h2-7H,1H2;5-6H,1-3H2,(H2,4,7,8). The summed E-state index contributed by atoms with van der Waals surface area (Å²) in [6, 6.07) is 10.0. The van der Waals surface area contributed by atoms with Gasteiger partial charge in [0.15, 0.2) is 0 Å². The minimum Gasteiger partial charge on any atom is -0.396 e. The first-order valence-electron chi connectivity index (χ1n) is 5.05. The van der Waals surface area contributed by atoms with Crippen molar-refractivity contribution in [3.8, 4) is 0 Å². The van der Waals surface area contributed by atoms with Gasteiger partial charge in [0.2, 0.25) is 0 Å². The monoisotopic (exact) mass is 258 g/mol. The molecule has 0 amide bonds. The molecule has 0 aliphatic heterocycles. The van der Waals surface area contributed by atoms with Gasteiger partial charge in [0.1, 0.15) is 0 Å². The Bertz CT molecular complexity index is 404. The van der Waals surface area contributed by atoms with Crippen molar-refractivity contribution in [2.45, 2.75) is 6.42 Å². The molecule has 0 fully saturated rings. The fraction of sp³-hybridized carbons (Fsp3) is 0.273. The van der Waals surface area contributed by atoms with Gasteiger partial charge in [0.05, 0.1) is 0 Å². The number of aliphatic hydroxyl groups is 1. The van der Waals surface area contributed by atoms with E-state index < -0.39 is 10.2 Å². The predicted octanol–water partition coefficient (Wildman–Crippen LogP) is 0.492. The number of aliphatic hydroxyl groups excluding tert-OH is 1. The highest BCUT2D eigenvalue weighted by atomic mass is 32.2. The van der Waals surface area contributed by atoms with Crippen molar-refractivity contribution >= 4 is 16.3 Å². The van der Waals surface area contributed by atoms with E-state index in [1.165, 1.54) is 5.56 Å². The van der Waals surface area contributed by atoms with Crippen molar-refractivity contribution in [1.82, 2.24) is 4.72 Å². The van der Waals surface area contributed by atoms with E-state index in [2.05, 4.69) is 11.7 Å². The van der Waals surface area contributed by atoms with Crippen LogP contribution in [0.2, 0.25) is 0 Å². The molecular weight excluding hydrogens is 240 g/mol. The fourth-order valence-corrected chi connectivity index (χ4v) is 1.31. The second-order valence-corrected chi connectivity index (χ2v) is 4.51. The van der Waals surface area contributed by atoms with Gasteiger partial charge in [0.25, 0.3) is 10.2 Å². The fourth-order valence-electron chi connectivity index (χ4n) is 0.883. The average Bonchev–Trinajstić information content (AvgIpc) is 2.30. The van der Waals surface area contributed by atoms with Crippen LogP contribution < -0.4 is 9.86 Å². The Balaban J connectivity index is 0.000000302. The van der Waals surface area contributed by atoms with Crippen molar-refractivity contribution in [2.75, 3.05) is 13.2 Å². The summed E-state index contributed by atoms with van der Waals surface area (Å²) >= 11 is 0. The van der Waals surface area contributed by atoms with Crippen LogP contribution in [0.4, 0.5) is 0 Å². The van der Waals surface area contributed by atoms with Gasteiger partial charge in [-0.2, -0.15) is 8.42 Å². The van der Waals surface area contributed by atoms with Crippen LogP contribution in [0.3, 0.4) is 0 Å². The Morgan fingerprint density at radius 2 is 1.94 bits per heavy atom. The van der Waals surface area contributed by atoms with Crippen molar-refractivity contribution in [3.05, 3.63) is 42.5 Å². The zero-order chi connectivity index (χ0) is 13.1. The van der Waals surface area contributed by atoms with Gasteiger partial charge in [-0.3, -0.25) is 0 Å². The maximum atomic E-state index is 10.1. The number of hydrogen-bond donors (Lipinski definition) is 3.